The predicted octanol–water partition coefficient (Wildman–Crippen LogP) is 8.59. The van der Waals surface area contributed by atoms with Crippen molar-refractivity contribution in [2.24, 2.45) is 29.6 Å². The smallest absolute Gasteiger partial charge is 0.338 e. The van der Waals surface area contributed by atoms with Gasteiger partial charge in [-0.15, -0.1) is 0 Å². The van der Waals surface area contributed by atoms with E-state index in [1.807, 2.05) is 119 Å². The van der Waals surface area contributed by atoms with Gasteiger partial charge >= 0.3 is 5.97 Å². The SMILES string of the molecule is CC1C(C)[C@@H](C)[C@H](C)O[C@H]1O[C@H]1C(C(=O)OCc2ccccc2)O[C@@H](O[C@@H]2C(NC(=O)C(Cl)(Cl)Cl)[C@H](C)OC(COCc3ccccc3)[C@@H]2C)C(OCc2ccccc2)[C@H]1C. The van der Waals surface area contributed by atoms with Gasteiger partial charge < -0.3 is 43.2 Å². The van der Waals surface area contributed by atoms with Crippen LogP contribution in [-0.4, -0.2) is 83.6 Å². The Morgan fingerprint density at radius 2 is 1.15 bits per heavy atom. The molecule has 0 bridgehead atoms. The van der Waals surface area contributed by atoms with E-state index < -0.39 is 82.8 Å². The molecular weight excluding hydrogens is 845 g/mol. The Kier molecular flexibility index (Phi) is 17.0. The fourth-order valence-corrected chi connectivity index (χ4v) is 8.54. The molecular formula is C47H60Cl3NO10. The zero-order chi connectivity index (χ0) is 43.8. The van der Waals surface area contributed by atoms with Crippen LogP contribution in [0, 0.1) is 29.6 Å². The lowest BCUT2D eigenvalue weighted by Crippen LogP contribution is -2.66. The van der Waals surface area contributed by atoms with Crippen molar-refractivity contribution in [2.45, 2.75) is 133 Å². The Morgan fingerprint density at radius 3 is 1.74 bits per heavy atom. The molecule has 6 rings (SSSR count). The number of rotatable bonds is 15. The number of hydrogen-bond donors (Lipinski definition) is 1. The van der Waals surface area contributed by atoms with Gasteiger partial charge in [-0.25, -0.2) is 4.79 Å². The van der Waals surface area contributed by atoms with Crippen molar-refractivity contribution in [3.63, 3.8) is 0 Å². The van der Waals surface area contributed by atoms with E-state index in [9.17, 15) is 9.59 Å². The average molecular weight is 905 g/mol. The number of benzene rings is 3. The van der Waals surface area contributed by atoms with Gasteiger partial charge in [-0.05, 0) is 42.4 Å². The van der Waals surface area contributed by atoms with Crippen LogP contribution in [0.5, 0.6) is 0 Å². The zero-order valence-electron chi connectivity index (χ0n) is 35.9. The quantitative estimate of drug-likeness (QED) is 0.117. The number of hydrogen-bond acceptors (Lipinski definition) is 10. The fraction of sp³-hybridized carbons (Fsp3) is 0.574. The summed E-state index contributed by atoms with van der Waals surface area (Å²) >= 11 is 18.2. The molecule has 11 nitrogen and oxygen atoms in total. The first-order valence-electron chi connectivity index (χ1n) is 21.2. The van der Waals surface area contributed by atoms with E-state index in [2.05, 4.69) is 26.1 Å². The van der Waals surface area contributed by atoms with Crippen molar-refractivity contribution in [1.82, 2.24) is 5.32 Å². The largest absolute Gasteiger partial charge is 0.459 e. The van der Waals surface area contributed by atoms with Gasteiger partial charge in [-0.2, -0.15) is 0 Å². The highest BCUT2D eigenvalue weighted by molar-refractivity contribution is 6.76. The summed E-state index contributed by atoms with van der Waals surface area (Å²) in [5.74, 6) is -1.82. The summed E-state index contributed by atoms with van der Waals surface area (Å²) in [5, 5.41) is 2.86. The zero-order valence-corrected chi connectivity index (χ0v) is 38.1. The van der Waals surface area contributed by atoms with Gasteiger partial charge in [-0.1, -0.05) is 160 Å². The van der Waals surface area contributed by atoms with Gasteiger partial charge in [0.1, 0.15) is 18.8 Å². The summed E-state index contributed by atoms with van der Waals surface area (Å²) < 4.78 is 50.3. The Bertz CT molecular complexity index is 1820. The second-order valence-electron chi connectivity index (χ2n) is 16.9. The third kappa shape index (κ3) is 12.3. The molecule has 3 aliphatic rings. The molecule has 15 atom stereocenters. The lowest BCUT2D eigenvalue weighted by molar-refractivity contribution is -0.347. The normalized spacial score (nSPS) is 34.4. The van der Waals surface area contributed by atoms with Crippen LogP contribution in [0.25, 0.3) is 0 Å². The number of nitrogens with one attached hydrogen (secondary N) is 1. The number of alkyl halides is 3. The molecule has 0 saturated carbocycles. The minimum Gasteiger partial charge on any atom is -0.459 e. The summed E-state index contributed by atoms with van der Waals surface area (Å²) in [5.41, 5.74) is 2.75. The molecule has 3 saturated heterocycles. The highest BCUT2D eigenvalue weighted by Crippen LogP contribution is 2.41. The van der Waals surface area contributed by atoms with Gasteiger partial charge in [0, 0.05) is 17.8 Å². The van der Waals surface area contributed by atoms with Crippen LogP contribution in [0.3, 0.4) is 0 Å². The Hall–Kier alpha value is -2.81. The van der Waals surface area contributed by atoms with Crippen molar-refractivity contribution < 1.29 is 47.5 Å². The van der Waals surface area contributed by atoms with Crippen LogP contribution < -0.4 is 5.32 Å². The molecule has 0 radical (unpaired) electrons. The molecule has 0 spiro atoms. The van der Waals surface area contributed by atoms with Crippen molar-refractivity contribution in [3.8, 4) is 0 Å². The first kappa shape index (κ1) is 47.7. The summed E-state index contributed by atoms with van der Waals surface area (Å²) in [4.78, 5) is 27.7. The highest BCUT2D eigenvalue weighted by Gasteiger charge is 2.54. The van der Waals surface area contributed by atoms with Crippen LogP contribution in [0.4, 0.5) is 0 Å². The van der Waals surface area contributed by atoms with Crippen LogP contribution in [0.2, 0.25) is 0 Å². The molecule has 0 aromatic heterocycles. The monoisotopic (exact) mass is 903 g/mol. The van der Waals surface area contributed by atoms with E-state index in [1.165, 1.54) is 0 Å². The molecule has 6 unspecified atom stereocenters. The van der Waals surface area contributed by atoms with Gasteiger partial charge in [0.25, 0.3) is 9.70 Å². The number of ether oxygens (including phenoxy) is 8. The van der Waals surface area contributed by atoms with E-state index in [-0.39, 0.29) is 37.8 Å². The van der Waals surface area contributed by atoms with Crippen molar-refractivity contribution in [2.75, 3.05) is 6.61 Å². The average Bonchev–Trinajstić information content (AvgIpc) is 3.25. The maximum absolute atomic E-state index is 14.4. The minimum atomic E-state index is -2.26. The first-order valence-corrected chi connectivity index (χ1v) is 22.4. The molecule has 334 valence electrons. The van der Waals surface area contributed by atoms with Crippen LogP contribution >= 0.6 is 34.8 Å². The molecule has 1 amide bonds. The van der Waals surface area contributed by atoms with Crippen LogP contribution in [-0.2, 0) is 67.3 Å². The lowest BCUT2D eigenvalue weighted by Gasteiger charge is -2.50. The summed E-state index contributed by atoms with van der Waals surface area (Å²) in [6.07, 6.45) is -6.73. The predicted molar refractivity (Wildman–Crippen MR) is 232 cm³/mol. The third-order valence-corrected chi connectivity index (χ3v) is 13.2. The van der Waals surface area contributed by atoms with Gasteiger partial charge in [0.05, 0.1) is 50.3 Å². The second-order valence-corrected chi connectivity index (χ2v) is 19.1. The summed E-state index contributed by atoms with van der Waals surface area (Å²) in [7, 11) is 0. The topological polar surface area (TPSA) is 120 Å². The van der Waals surface area contributed by atoms with Gasteiger partial charge in [-0.3, -0.25) is 4.79 Å². The number of carbonyl (C=O) groups excluding carboxylic acids is 2. The van der Waals surface area contributed by atoms with Gasteiger partial charge in [0.2, 0.25) is 0 Å². The van der Waals surface area contributed by atoms with E-state index in [4.69, 9.17) is 72.7 Å². The Morgan fingerprint density at radius 1 is 0.590 bits per heavy atom. The Balaban J connectivity index is 1.33. The second kappa shape index (κ2) is 21.7. The molecule has 0 aliphatic carbocycles. The standard InChI is InChI=1S/C47H60Cl3NO10/c1-27-28(2)32(6)58-44(29(27)3)60-40-31(5)41(55-24-35-19-13-9-14-20-35)45(61-42(40)43(52)56-25-36-21-15-10-16-22-36)59-39-30(4)37(26-54-23-34-17-11-8-12-18-34)57-33(7)38(39)51-46(53)47(48,49)50/h8-22,27-33,37-42,44-45H,23-26H2,1-7H3,(H,51,53)/t27?,28-,29?,30+,31+,32+,33+,37?,38?,39+,40-,41?,42?,44+,45-/m1/s1. The minimum absolute atomic E-state index is 0.00459. The molecule has 1 N–H and O–H groups in total. The molecule has 3 aliphatic heterocycles. The van der Waals surface area contributed by atoms with Crippen LogP contribution in [0.1, 0.15) is 65.2 Å². The number of halogens is 3. The number of esters is 1. The molecule has 3 fully saturated rings. The Labute approximate surface area is 375 Å². The van der Waals surface area contributed by atoms with E-state index in [1.54, 1.807) is 0 Å². The van der Waals surface area contributed by atoms with Crippen molar-refractivity contribution >= 4 is 46.7 Å². The third-order valence-electron chi connectivity index (χ3n) is 12.7. The lowest BCUT2D eigenvalue weighted by atomic mass is 9.79. The molecule has 61 heavy (non-hydrogen) atoms. The summed E-state index contributed by atoms with van der Waals surface area (Å²) in [6.45, 7) is 15.0. The molecule has 3 heterocycles. The van der Waals surface area contributed by atoms with E-state index >= 15 is 0 Å². The summed E-state index contributed by atoms with van der Waals surface area (Å²) in [6, 6.07) is 28.2. The molecule has 3 aromatic rings. The van der Waals surface area contributed by atoms with Gasteiger partial charge in [0.15, 0.2) is 18.7 Å². The molecule has 14 heteroatoms. The maximum Gasteiger partial charge on any atom is 0.338 e. The van der Waals surface area contributed by atoms with Crippen molar-refractivity contribution in [1.29, 1.82) is 0 Å². The first-order chi connectivity index (χ1) is 29.1. The fourth-order valence-electron chi connectivity index (χ4n) is 8.38. The van der Waals surface area contributed by atoms with E-state index in [0.717, 1.165) is 16.7 Å². The van der Waals surface area contributed by atoms with Crippen molar-refractivity contribution in [3.05, 3.63) is 108 Å². The number of carbonyl (C=O) groups is 2. The van der Waals surface area contributed by atoms with Crippen LogP contribution in [0.15, 0.2) is 91.0 Å². The molecule has 3 aromatic carbocycles. The van der Waals surface area contributed by atoms with E-state index in [0.29, 0.717) is 12.5 Å². The maximum atomic E-state index is 14.4. The number of amides is 1. The highest BCUT2D eigenvalue weighted by atomic mass is 35.6.